The minimum atomic E-state index is -0.186. The highest BCUT2D eigenvalue weighted by atomic mass is 16.5. The molecule has 0 aliphatic carbocycles. The summed E-state index contributed by atoms with van der Waals surface area (Å²) in [5.41, 5.74) is 0. The third-order valence-corrected chi connectivity index (χ3v) is 2.27. The first-order valence-corrected chi connectivity index (χ1v) is 5.05. The maximum absolute atomic E-state index is 11.4. The quantitative estimate of drug-likeness (QED) is 0.660. The van der Waals surface area contributed by atoms with E-state index in [4.69, 9.17) is 9.47 Å². The average Bonchev–Trinajstić information content (AvgIpc) is 2.07. The molecule has 14 heavy (non-hydrogen) atoms. The van der Waals surface area contributed by atoms with E-state index >= 15 is 0 Å². The summed E-state index contributed by atoms with van der Waals surface area (Å²) >= 11 is 0. The fraction of sp³-hybridized carbons (Fsp3) is 0.900. The van der Waals surface area contributed by atoms with Crippen molar-refractivity contribution in [3.63, 3.8) is 0 Å². The molecule has 4 nitrogen and oxygen atoms in total. The monoisotopic (exact) mass is 201 g/mol. The van der Waals surface area contributed by atoms with Crippen LogP contribution in [0.5, 0.6) is 0 Å². The van der Waals surface area contributed by atoms with Gasteiger partial charge in [0.15, 0.2) is 0 Å². The topological polar surface area (TPSA) is 47.6 Å². The molecule has 0 bridgehead atoms. The molecule has 0 radical (unpaired) electrons. The van der Waals surface area contributed by atoms with E-state index in [1.807, 2.05) is 0 Å². The molecule has 0 aromatic rings. The molecule has 0 aromatic heterocycles. The van der Waals surface area contributed by atoms with Gasteiger partial charge in [-0.1, -0.05) is 13.8 Å². The van der Waals surface area contributed by atoms with E-state index in [1.54, 1.807) is 0 Å². The summed E-state index contributed by atoms with van der Waals surface area (Å²) in [6.07, 6.45) is 0.809. The summed E-state index contributed by atoms with van der Waals surface area (Å²) in [6.45, 7) is 5.58. The Hall–Kier alpha value is -0.610. The van der Waals surface area contributed by atoms with Gasteiger partial charge in [0.1, 0.15) is 6.04 Å². The molecule has 0 aromatic carbocycles. The third-order valence-electron chi connectivity index (χ3n) is 2.27. The van der Waals surface area contributed by atoms with Gasteiger partial charge in [0.05, 0.1) is 26.4 Å². The smallest absolute Gasteiger partial charge is 0.322 e. The third kappa shape index (κ3) is 3.27. The summed E-state index contributed by atoms with van der Waals surface area (Å²) in [5, 5.41) is 3.24. The van der Waals surface area contributed by atoms with Gasteiger partial charge in [0, 0.05) is 0 Å². The first-order chi connectivity index (χ1) is 6.63. The molecular formula is C10H19NO3. The fourth-order valence-electron chi connectivity index (χ4n) is 1.46. The molecular weight excluding hydrogens is 182 g/mol. The van der Waals surface area contributed by atoms with Crippen LogP contribution in [-0.4, -0.2) is 38.4 Å². The lowest BCUT2D eigenvalue weighted by atomic mass is 10.0. The Morgan fingerprint density at radius 1 is 1.57 bits per heavy atom. The van der Waals surface area contributed by atoms with Crippen LogP contribution in [-0.2, 0) is 14.3 Å². The predicted molar refractivity (Wildman–Crippen MR) is 53.0 cm³/mol. The lowest BCUT2D eigenvalue weighted by Gasteiger charge is -2.31. The van der Waals surface area contributed by atoms with Gasteiger partial charge in [0.2, 0.25) is 0 Å². The second-order valence-electron chi connectivity index (χ2n) is 4.11. The Bertz CT molecular complexity index is 190. The Kier molecular flexibility index (Phi) is 4.35. The van der Waals surface area contributed by atoms with Gasteiger partial charge in [-0.3, -0.25) is 10.1 Å². The number of hydrogen-bond acceptors (Lipinski definition) is 4. The molecule has 1 unspecified atom stereocenters. The van der Waals surface area contributed by atoms with Gasteiger partial charge in [-0.2, -0.15) is 0 Å². The summed E-state index contributed by atoms with van der Waals surface area (Å²) < 4.78 is 9.78. The minimum Gasteiger partial charge on any atom is -0.468 e. The van der Waals surface area contributed by atoms with Crippen LogP contribution in [0, 0.1) is 5.92 Å². The minimum absolute atomic E-state index is 0.175. The largest absolute Gasteiger partial charge is 0.468 e. The van der Waals surface area contributed by atoms with Crippen molar-refractivity contribution in [1.82, 2.24) is 5.32 Å². The number of ether oxygens (including phenoxy) is 2. The van der Waals surface area contributed by atoms with Gasteiger partial charge in [-0.15, -0.1) is 0 Å². The van der Waals surface area contributed by atoms with Gasteiger partial charge in [-0.05, 0) is 12.3 Å². The van der Waals surface area contributed by atoms with Crippen LogP contribution < -0.4 is 5.32 Å². The second kappa shape index (κ2) is 5.32. The van der Waals surface area contributed by atoms with E-state index in [0.717, 1.165) is 6.42 Å². The molecule has 1 rings (SSSR count). The summed E-state index contributed by atoms with van der Waals surface area (Å²) in [4.78, 5) is 11.4. The number of rotatable bonds is 5. The number of carbonyl (C=O) groups is 1. The van der Waals surface area contributed by atoms with Crippen LogP contribution >= 0.6 is 0 Å². The molecule has 1 aliphatic rings. The highest BCUT2D eigenvalue weighted by molar-refractivity contribution is 5.75. The van der Waals surface area contributed by atoms with Crippen molar-refractivity contribution >= 4 is 5.97 Å². The molecule has 82 valence electrons. The van der Waals surface area contributed by atoms with Crippen molar-refractivity contribution in [1.29, 1.82) is 0 Å². The maximum Gasteiger partial charge on any atom is 0.322 e. The summed E-state index contributed by atoms with van der Waals surface area (Å²) in [7, 11) is 1.43. The van der Waals surface area contributed by atoms with Gasteiger partial charge in [-0.25, -0.2) is 0 Å². The van der Waals surface area contributed by atoms with E-state index in [1.165, 1.54) is 7.11 Å². The number of hydrogen-bond donors (Lipinski definition) is 1. The Morgan fingerprint density at radius 3 is 2.57 bits per heavy atom. The molecule has 1 saturated heterocycles. The van der Waals surface area contributed by atoms with Crippen molar-refractivity contribution in [2.45, 2.75) is 32.4 Å². The van der Waals surface area contributed by atoms with Crippen molar-refractivity contribution < 1.29 is 14.3 Å². The highest BCUT2D eigenvalue weighted by Crippen LogP contribution is 2.09. The van der Waals surface area contributed by atoms with Crippen LogP contribution in [0.25, 0.3) is 0 Å². The fourth-order valence-corrected chi connectivity index (χ4v) is 1.46. The first-order valence-electron chi connectivity index (χ1n) is 5.05. The van der Waals surface area contributed by atoms with E-state index < -0.39 is 0 Å². The standard InChI is InChI=1S/C10H19NO3/c1-7(2)4-9(10(12)13-3)11-8-5-14-6-8/h7-9,11H,4-6H2,1-3H3. The number of carbonyl (C=O) groups excluding carboxylic acids is 1. The molecule has 1 heterocycles. The van der Waals surface area contributed by atoms with Crippen LogP contribution in [0.4, 0.5) is 0 Å². The Labute approximate surface area is 85.0 Å². The van der Waals surface area contributed by atoms with Crippen molar-refractivity contribution in [2.75, 3.05) is 20.3 Å². The van der Waals surface area contributed by atoms with E-state index in [9.17, 15) is 4.79 Å². The molecule has 0 amide bonds. The zero-order valence-corrected chi connectivity index (χ0v) is 9.08. The van der Waals surface area contributed by atoms with E-state index in [-0.39, 0.29) is 12.0 Å². The molecule has 0 spiro atoms. The van der Waals surface area contributed by atoms with Crippen molar-refractivity contribution in [2.24, 2.45) is 5.92 Å². The van der Waals surface area contributed by atoms with E-state index in [2.05, 4.69) is 19.2 Å². The summed E-state index contributed by atoms with van der Waals surface area (Å²) in [5.74, 6) is 0.304. The lowest BCUT2D eigenvalue weighted by Crippen LogP contribution is -2.53. The molecule has 4 heteroatoms. The molecule has 1 fully saturated rings. The molecule has 1 atom stereocenters. The normalized spacial score (nSPS) is 19.1. The number of methoxy groups -OCH3 is 1. The number of nitrogens with one attached hydrogen (secondary N) is 1. The van der Waals surface area contributed by atoms with Gasteiger partial charge >= 0.3 is 5.97 Å². The van der Waals surface area contributed by atoms with Crippen molar-refractivity contribution in [3.8, 4) is 0 Å². The van der Waals surface area contributed by atoms with Crippen LogP contribution in [0.1, 0.15) is 20.3 Å². The Balaban J connectivity index is 2.38. The van der Waals surface area contributed by atoms with Crippen LogP contribution in [0.2, 0.25) is 0 Å². The lowest BCUT2D eigenvalue weighted by molar-refractivity contribution is -0.144. The molecule has 1 aliphatic heterocycles. The van der Waals surface area contributed by atoms with Gasteiger partial charge < -0.3 is 9.47 Å². The van der Waals surface area contributed by atoms with E-state index in [0.29, 0.717) is 25.2 Å². The molecule has 1 N–H and O–H groups in total. The van der Waals surface area contributed by atoms with Gasteiger partial charge in [0.25, 0.3) is 0 Å². The Morgan fingerprint density at radius 2 is 2.21 bits per heavy atom. The second-order valence-corrected chi connectivity index (χ2v) is 4.11. The zero-order valence-electron chi connectivity index (χ0n) is 9.08. The highest BCUT2D eigenvalue weighted by Gasteiger charge is 2.27. The van der Waals surface area contributed by atoms with Crippen LogP contribution in [0.15, 0.2) is 0 Å². The predicted octanol–water partition coefficient (Wildman–Crippen LogP) is 0.562. The molecule has 0 saturated carbocycles. The zero-order chi connectivity index (χ0) is 10.6. The van der Waals surface area contributed by atoms with Crippen LogP contribution in [0.3, 0.4) is 0 Å². The SMILES string of the molecule is COC(=O)C(CC(C)C)NC1COC1. The summed E-state index contributed by atoms with van der Waals surface area (Å²) in [6, 6.07) is 0.131. The maximum atomic E-state index is 11.4. The number of esters is 1. The first kappa shape index (κ1) is 11.5. The average molecular weight is 201 g/mol. The van der Waals surface area contributed by atoms with Crippen molar-refractivity contribution in [3.05, 3.63) is 0 Å².